The maximum Gasteiger partial charge on any atom is 0.229 e. The minimum absolute atomic E-state index is 0.146. The lowest BCUT2D eigenvalue weighted by Gasteiger charge is -2.12. The van der Waals surface area contributed by atoms with Gasteiger partial charge in [0.05, 0.1) is 18.6 Å². The minimum Gasteiger partial charge on any atom is -0.392 e. The fourth-order valence-corrected chi connectivity index (χ4v) is 3.32. The highest BCUT2D eigenvalue weighted by atomic mass is 32.2. The van der Waals surface area contributed by atoms with E-state index >= 15 is 0 Å². The zero-order valence-corrected chi connectivity index (χ0v) is 13.1. The van der Waals surface area contributed by atoms with Gasteiger partial charge in [-0.1, -0.05) is 17.8 Å². The summed E-state index contributed by atoms with van der Waals surface area (Å²) in [4.78, 5) is 0.551. The summed E-state index contributed by atoms with van der Waals surface area (Å²) in [6.07, 6.45) is 1.000. The first kappa shape index (κ1) is 16.7. The molecule has 2 aromatic rings. The fraction of sp³-hybridized carbons (Fsp3) is 0.143. The van der Waals surface area contributed by atoms with Gasteiger partial charge in [-0.3, -0.25) is 4.72 Å². The van der Waals surface area contributed by atoms with Gasteiger partial charge in [0.15, 0.2) is 0 Å². The summed E-state index contributed by atoms with van der Waals surface area (Å²) in [5.41, 5.74) is 0.803. The van der Waals surface area contributed by atoms with Gasteiger partial charge in [-0.15, -0.1) is 0 Å². The number of sulfonamides is 1. The predicted octanol–water partition coefficient (Wildman–Crippen LogP) is 2.98. The summed E-state index contributed by atoms with van der Waals surface area (Å²) < 4.78 is 51.8. The third-order valence-corrected chi connectivity index (χ3v) is 4.34. The molecule has 2 rings (SSSR count). The van der Waals surface area contributed by atoms with E-state index < -0.39 is 21.7 Å². The van der Waals surface area contributed by atoms with E-state index in [4.69, 9.17) is 0 Å². The van der Waals surface area contributed by atoms with E-state index in [1.807, 2.05) is 0 Å². The second kappa shape index (κ2) is 6.64. The van der Waals surface area contributed by atoms with Crippen molar-refractivity contribution in [2.45, 2.75) is 16.4 Å². The normalized spacial score (nSPS) is 11.5. The number of benzene rings is 2. The Morgan fingerprint density at radius 2 is 1.86 bits per heavy atom. The first-order chi connectivity index (χ1) is 10.3. The Labute approximate surface area is 131 Å². The first-order valence-corrected chi connectivity index (χ1v) is 8.84. The molecule has 4 nitrogen and oxygen atoms in total. The van der Waals surface area contributed by atoms with Gasteiger partial charge in [0.2, 0.25) is 10.0 Å². The van der Waals surface area contributed by atoms with Crippen molar-refractivity contribution in [3.63, 3.8) is 0 Å². The maximum atomic E-state index is 13.7. The van der Waals surface area contributed by atoms with Crippen LogP contribution in [0.4, 0.5) is 14.5 Å². The molecule has 8 heteroatoms. The Balaban J connectivity index is 2.42. The van der Waals surface area contributed by atoms with E-state index in [9.17, 15) is 22.3 Å². The molecule has 0 amide bonds. The summed E-state index contributed by atoms with van der Waals surface area (Å²) in [5, 5.41) is 9.17. The lowest BCUT2D eigenvalue weighted by molar-refractivity contribution is 0.281. The molecule has 2 N–H and O–H groups in total. The van der Waals surface area contributed by atoms with Gasteiger partial charge < -0.3 is 5.11 Å². The number of halogens is 2. The van der Waals surface area contributed by atoms with Crippen molar-refractivity contribution in [3.8, 4) is 0 Å². The van der Waals surface area contributed by atoms with E-state index in [2.05, 4.69) is 4.72 Å². The average Bonchev–Trinajstić information content (AvgIpc) is 2.42. The van der Waals surface area contributed by atoms with Gasteiger partial charge in [-0.2, -0.15) is 0 Å². The molecule has 0 aliphatic heterocycles. The van der Waals surface area contributed by atoms with Crippen molar-refractivity contribution < 1.29 is 22.3 Å². The SMILES string of the molecule is CS(=O)(=O)Nc1ccc(CO)cc1Sc1ccc(F)cc1F. The van der Waals surface area contributed by atoms with E-state index in [-0.39, 0.29) is 17.2 Å². The molecular formula is C14H13F2NO3S2. The molecule has 0 saturated carbocycles. The van der Waals surface area contributed by atoms with Crippen molar-refractivity contribution >= 4 is 27.5 Å². The first-order valence-electron chi connectivity index (χ1n) is 6.13. The number of hydrogen-bond donors (Lipinski definition) is 2. The van der Waals surface area contributed by atoms with Crippen LogP contribution in [0.5, 0.6) is 0 Å². The van der Waals surface area contributed by atoms with Gasteiger partial charge in [0.1, 0.15) is 11.6 Å². The smallest absolute Gasteiger partial charge is 0.229 e. The van der Waals surface area contributed by atoms with Gasteiger partial charge >= 0.3 is 0 Å². The van der Waals surface area contributed by atoms with Crippen molar-refractivity contribution in [1.82, 2.24) is 0 Å². The van der Waals surface area contributed by atoms with Crippen molar-refractivity contribution in [3.05, 3.63) is 53.6 Å². The van der Waals surface area contributed by atoms with Crippen LogP contribution in [-0.2, 0) is 16.6 Å². The zero-order chi connectivity index (χ0) is 16.3. The van der Waals surface area contributed by atoms with Crippen molar-refractivity contribution in [1.29, 1.82) is 0 Å². The number of aliphatic hydroxyl groups excluding tert-OH is 1. The van der Waals surface area contributed by atoms with Crippen LogP contribution in [-0.4, -0.2) is 19.8 Å². The van der Waals surface area contributed by atoms with Gasteiger partial charge in [-0.25, -0.2) is 17.2 Å². The quantitative estimate of drug-likeness (QED) is 0.874. The highest BCUT2D eigenvalue weighted by Gasteiger charge is 2.12. The monoisotopic (exact) mass is 345 g/mol. The molecule has 0 atom stereocenters. The maximum absolute atomic E-state index is 13.7. The number of rotatable bonds is 5. The minimum atomic E-state index is -3.51. The van der Waals surface area contributed by atoms with Crippen LogP contribution in [0.3, 0.4) is 0 Å². The average molecular weight is 345 g/mol. The molecule has 22 heavy (non-hydrogen) atoms. The highest BCUT2D eigenvalue weighted by molar-refractivity contribution is 7.99. The molecule has 2 aromatic carbocycles. The molecule has 0 bridgehead atoms. The Hall–Kier alpha value is -1.64. The van der Waals surface area contributed by atoms with E-state index in [0.29, 0.717) is 10.5 Å². The number of hydrogen-bond acceptors (Lipinski definition) is 4. The van der Waals surface area contributed by atoms with E-state index in [1.54, 1.807) is 12.1 Å². The molecule has 0 aliphatic carbocycles. The Morgan fingerprint density at radius 3 is 2.45 bits per heavy atom. The molecule has 0 aromatic heterocycles. The predicted molar refractivity (Wildman–Crippen MR) is 81.3 cm³/mol. The third-order valence-electron chi connectivity index (χ3n) is 2.64. The van der Waals surface area contributed by atoms with Gasteiger partial charge in [0.25, 0.3) is 0 Å². The van der Waals surface area contributed by atoms with Crippen LogP contribution < -0.4 is 4.72 Å². The molecule has 0 radical (unpaired) electrons. The molecule has 0 saturated heterocycles. The van der Waals surface area contributed by atoms with Crippen molar-refractivity contribution in [2.75, 3.05) is 11.0 Å². The van der Waals surface area contributed by atoms with Gasteiger partial charge in [0, 0.05) is 15.9 Å². The summed E-state index contributed by atoms with van der Waals surface area (Å²) in [6, 6.07) is 7.72. The van der Waals surface area contributed by atoms with Crippen LogP contribution in [0.2, 0.25) is 0 Å². The summed E-state index contributed by atoms with van der Waals surface area (Å²) in [5.74, 6) is -1.44. The second-order valence-corrected chi connectivity index (χ2v) is 7.37. The van der Waals surface area contributed by atoms with E-state index in [0.717, 1.165) is 30.2 Å². The number of anilines is 1. The summed E-state index contributed by atoms with van der Waals surface area (Å²) in [7, 11) is -3.51. The lowest BCUT2D eigenvalue weighted by atomic mass is 10.2. The van der Waals surface area contributed by atoms with Crippen LogP contribution in [0, 0.1) is 11.6 Å². The third kappa shape index (κ3) is 4.43. The number of aliphatic hydroxyl groups is 1. The van der Waals surface area contributed by atoms with Crippen LogP contribution in [0.1, 0.15) is 5.56 Å². The molecule has 0 heterocycles. The van der Waals surface area contributed by atoms with Crippen LogP contribution >= 0.6 is 11.8 Å². The molecule has 0 unspecified atom stereocenters. The topological polar surface area (TPSA) is 66.4 Å². The molecule has 0 fully saturated rings. The second-order valence-electron chi connectivity index (χ2n) is 4.54. The summed E-state index contributed by atoms with van der Waals surface area (Å²) >= 11 is 0.940. The molecular weight excluding hydrogens is 332 g/mol. The van der Waals surface area contributed by atoms with Gasteiger partial charge in [-0.05, 0) is 29.8 Å². The molecule has 0 spiro atoms. The van der Waals surface area contributed by atoms with Crippen molar-refractivity contribution in [2.24, 2.45) is 0 Å². The standard InChI is InChI=1S/C14H13F2NO3S2/c1-22(19,20)17-12-4-2-9(8-18)6-14(12)21-13-5-3-10(15)7-11(13)16/h2-7,17-18H,8H2,1H3. The lowest BCUT2D eigenvalue weighted by Crippen LogP contribution is -2.10. The fourth-order valence-electron chi connectivity index (χ4n) is 1.71. The summed E-state index contributed by atoms with van der Waals surface area (Å²) in [6.45, 7) is -0.237. The van der Waals surface area contributed by atoms with Crippen LogP contribution in [0.25, 0.3) is 0 Å². The van der Waals surface area contributed by atoms with E-state index in [1.165, 1.54) is 12.1 Å². The van der Waals surface area contributed by atoms with Crippen LogP contribution in [0.15, 0.2) is 46.2 Å². The Morgan fingerprint density at radius 1 is 1.14 bits per heavy atom. The molecule has 0 aliphatic rings. The Bertz CT molecular complexity index is 795. The highest BCUT2D eigenvalue weighted by Crippen LogP contribution is 2.36. The molecule has 118 valence electrons. The number of nitrogens with one attached hydrogen (secondary N) is 1. The Kier molecular flexibility index (Phi) is 5.05. The zero-order valence-electron chi connectivity index (χ0n) is 11.5. The largest absolute Gasteiger partial charge is 0.392 e.